The Labute approximate surface area is 79.2 Å². The SMILES string of the molecule is CCCC(CC)C(=O)C1C=NCO1. The quantitative estimate of drug-likeness (QED) is 0.652. The number of carbonyl (C=O) groups excluding carboxylic acids is 1. The summed E-state index contributed by atoms with van der Waals surface area (Å²) in [6.45, 7) is 4.49. The van der Waals surface area contributed by atoms with Crippen LogP contribution in [0.2, 0.25) is 0 Å². The Morgan fingerprint density at radius 3 is 2.92 bits per heavy atom. The van der Waals surface area contributed by atoms with Gasteiger partial charge in [0.05, 0.1) is 0 Å². The lowest BCUT2D eigenvalue weighted by Gasteiger charge is -2.14. The van der Waals surface area contributed by atoms with Crippen LogP contribution in [0.5, 0.6) is 0 Å². The Morgan fingerprint density at radius 1 is 1.69 bits per heavy atom. The molecule has 0 aliphatic carbocycles. The van der Waals surface area contributed by atoms with Crippen molar-refractivity contribution in [3.63, 3.8) is 0 Å². The highest BCUT2D eigenvalue weighted by Gasteiger charge is 2.26. The third-order valence-electron chi connectivity index (χ3n) is 2.38. The van der Waals surface area contributed by atoms with Gasteiger partial charge in [-0.15, -0.1) is 0 Å². The maximum atomic E-state index is 11.8. The molecule has 74 valence electrons. The van der Waals surface area contributed by atoms with Crippen molar-refractivity contribution >= 4 is 12.0 Å². The van der Waals surface area contributed by atoms with Gasteiger partial charge in [-0.25, -0.2) is 0 Å². The second-order valence-electron chi connectivity index (χ2n) is 3.34. The number of hydrogen-bond donors (Lipinski definition) is 0. The molecule has 13 heavy (non-hydrogen) atoms. The summed E-state index contributed by atoms with van der Waals surface area (Å²) in [5.74, 6) is 0.352. The summed E-state index contributed by atoms with van der Waals surface area (Å²) in [7, 11) is 0. The fourth-order valence-electron chi connectivity index (χ4n) is 1.59. The molecule has 0 bridgehead atoms. The summed E-state index contributed by atoms with van der Waals surface area (Å²) >= 11 is 0. The van der Waals surface area contributed by atoms with Crippen LogP contribution in [-0.2, 0) is 9.53 Å². The predicted molar refractivity (Wildman–Crippen MR) is 51.9 cm³/mol. The van der Waals surface area contributed by atoms with Crippen LogP contribution in [0, 0.1) is 5.92 Å². The molecule has 0 amide bonds. The van der Waals surface area contributed by atoms with E-state index >= 15 is 0 Å². The third kappa shape index (κ3) is 2.62. The van der Waals surface area contributed by atoms with Crippen molar-refractivity contribution in [1.82, 2.24) is 0 Å². The van der Waals surface area contributed by atoms with E-state index in [4.69, 9.17) is 4.74 Å². The number of Topliss-reactive ketones (excluding diaryl/α,β-unsaturated/α-hetero) is 1. The molecule has 0 saturated carbocycles. The first kappa shape index (κ1) is 10.4. The lowest BCUT2D eigenvalue weighted by Crippen LogP contribution is -2.29. The maximum absolute atomic E-state index is 11.8. The number of ether oxygens (including phenoxy) is 1. The van der Waals surface area contributed by atoms with Crippen LogP contribution in [0.4, 0.5) is 0 Å². The van der Waals surface area contributed by atoms with E-state index in [1.165, 1.54) is 0 Å². The van der Waals surface area contributed by atoms with Gasteiger partial charge in [0.25, 0.3) is 0 Å². The van der Waals surface area contributed by atoms with Crippen molar-refractivity contribution < 1.29 is 9.53 Å². The summed E-state index contributed by atoms with van der Waals surface area (Å²) in [5.41, 5.74) is 0. The van der Waals surface area contributed by atoms with Gasteiger partial charge in [-0.1, -0.05) is 20.3 Å². The van der Waals surface area contributed by atoms with Crippen molar-refractivity contribution in [2.45, 2.75) is 39.2 Å². The number of hydrogen-bond acceptors (Lipinski definition) is 3. The molecular weight excluding hydrogens is 166 g/mol. The molecule has 0 radical (unpaired) electrons. The predicted octanol–water partition coefficient (Wildman–Crippen LogP) is 1.81. The second-order valence-corrected chi connectivity index (χ2v) is 3.34. The van der Waals surface area contributed by atoms with Crippen LogP contribution in [-0.4, -0.2) is 24.8 Å². The smallest absolute Gasteiger partial charge is 0.170 e. The molecule has 1 heterocycles. The fourth-order valence-corrected chi connectivity index (χ4v) is 1.59. The molecule has 0 aromatic heterocycles. The van der Waals surface area contributed by atoms with E-state index in [-0.39, 0.29) is 17.8 Å². The van der Waals surface area contributed by atoms with Gasteiger partial charge in [-0.2, -0.15) is 0 Å². The second kappa shape index (κ2) is 5.12. The standard InChI is InChI=1S/C10H17NO2/c1-3-5-8(4-2)10(12)9-6-11-7-13-9/h6,8-9H,3-5,7H2,1-2H3. The Bertz CT molecular complexity index is 201. The van der Waals surface area contributed by atoms with Crippen molar-refractivity contribution in [1.29, 1.82) is 0 Å². The van der Waals surface area contributed by atoms with Gasteiger partial charge in [0.15, 0.2) is 11.9 Å². The summed E-state index contributed by atoms with van der Waals surface area (Å²) < 4.78 is 5.17. The van der Waals surface area contributed by atoms with Crippen LogP contribution in [0.1, 0.15) is 33.1 Å². The Kier molecular flexibility index (Phi) is 4.09. The normalized spacial score (nSPS) is 23.4. The van der Waals surface area contributed by atoms with Crippen LogP contribution in [0.25, 0.3) is 0 Å². The van der Waals surface area contributed by atoms with E-state index in [0.29, 0.717) is 6.73 Å². The molecule has 0 fully saturated rings. The lowest BCUT2D eigenvalue weighted by molar-refractivity contribution is -0.129. The van der Waals surface area contributed by atoms with Crippen LogP contribution >= 0.6 is 0 Å². The van der Waals surface area contributed by atoms with Crippen molar-refractivity contribution in [3.05, 3.63) is 0 Å². The highest BCUT2D eigenvalue weighted by Crippen LogP contribution is 2.16. The highest BCUT2D eigenvalue weighted by molar-refractivity contribution is 5.99. The molecule has 1 aliphatic heterocycles. The fraction of sp³-hybridized carbons (Fsp3) is 0.800. The zero-order chi connectivity index (χ0) is 9.68. The number of ketones is 1. The molecule has 0 aromatic carbocycles. The summed E-state index contributed by atoms with van der Waals surface area (Å²) in [5, 5.41) is 0. The number of rotatable bonds is 5. The molecule has 3 heteroatoms. The zero-order valence-corrected chi connectivity index (χ0v) is 8.32. The average Bonchev–Trinajstić information content (AvgIpc) is 2.65. The van der Waals surface area contributed by atoms with E-state index in [9.17, 15) is 4.79 Å². The monoisotopic (exact) mass is 183 g/mol. The van der Waals surface area contributed by atoms with Gasteiger partial charge < -0.3 is 4.74 Å². The minimum Gasteiger partial charge on any atom is -0.343 e. The van der Waals surface area contributed by atoms with E-state index in [2.05, 4.69) is 11.9 Å². The van der Waals surface area contributed by atoms with E-state index in [1.54, 1.807) is 6.21 Å². The third-order valence-corrected chi connectivity index (χ3v) is 2.38. The molecular formula is C10H17NO2. The lowest BCUT2D eigenvalue weighted by atomic mass is 9.93. The van der Waals surface area contributed by atoms with Gasteiger partial charge in [-0.3, -0.25) is 9.79 Å². The molecule has 1 aliphatic rings. The van der Waals surface area contributed by atoms with E-state index in [0.717, 1.165) is 19.3 Å². The van der Waals surface area contributed by atoms with E-state index < -0.39 is 0 Å². The molecule has 2 unspecified atom stereocenters. The van der Waals surface area contributed by atoms with Crippen molar-refractivity contribution in [2.75, 3.05) is 6.73 Å². The first-order chi connectivity index (χ1) is 6.29. The average molecular weight is 183 g/mol. The van der Waals surface area contributed by atoms with Crippen LogP contribution < -0.4 is 0 Å². The molecule has 0 N–H and O–H groups in total. The molecule has 0 spiro atoms. The summed E-state index contributed by atoms with van der Waals surface area (Å²) in [6, 6.07) is 0. The molecule has 0 aromatic rings. The zero-order valence-electron chi connectivity index (χ0n) is 8.32. The molecule has 0 saturated heterocycles. The van der Waals surface area contributed by atoms with E-state index in [1.807, 2.05) is 6.92 Å². The summed E-state index contributed by atoms with van der Waals surface area (Å²) in [6.07, 6.45) is 4.18. The first-order valence-corrected chi connectivity index (χ1v) is 4.94. The minimum atomic E-state index is -0.364. The Hall–Kier alpha value is -0.700. The Morgan fingerprint density at radius 2 is 2.46 bits per heavy atom. The Balaban J connectivity index is 2.47. The number of nitrogens with zero attached hydrogens (tertiary/aromatic N) is 1. The van der Waals surface area contributed by atoms with Gasteiger partial charge in [0.2, 0.25) is 0 Å². The minimum absolute atomic E-state index is 0.152. The molecule has 3 nitrogen and oxygen atoms in total. The van der Waals surface area contributed by atoms with Crippen molar-refractivity contribution in [3.8, 4) is 0 Å². The first-order valence-electron chi connectivity index (χ1n) is 4.94. The highest BCUT2D eigenvalue weighted by atomic mass is 16.5. The molecule has 2 atom stereocenters. The van der Waals surface area contributed by atoms with Gasteiger partial charge in [0, 0.05) is 12.1 Å². The maximum Gasteiger partial charge on any atom is 0.170 e. The van der Waals surface area contributed by atoms with Crippen LogP contribution in [0.15, 0.2) is 4.99 Å². The largest absolute Gasteiger partial charge is 0.343 e. The van der Waals surface area contributed by atoms with Gasteiger partial charge in [0.1, 0.15) is 6.73 Å². The summed E-state index contributed by atoms with van der Waals surface area (Å²) in [4.78, 5) is 15.6. The molecule has 1 rings (SSSR count). The number of aliphatic imine (C=N–C) groups is 1. The van der Waals surface area contributed by atoms with Gasteiger partial charge in [-0.05, 0) is 12.8 Å². The number of carbonyl (C=O) groups is 1. The van der Waals surface area contributed by atoms with Crippen LogP contribution in [0.3, 0.4) is 0 Å². The van der Waals surface area contributed by atoms with Gasteiger partial charge >= 0.3 is 0 Å². The topological polar surface area (TPSA) is 38.7 Å². The van der Waals surface area contributed by atoms with Crippen molar-refractivity contribution in [2.24, 2.45) is 10.9 Å².